The fourth-order valence-electron chi connectivity index (χ4n) is 2.87. The van der Waals surface area contributed by atoms with Crippen LogP contribution in [0.2, 0.25) is 0 Å². The van der Waals surface area contributed by atoms with E-state index >= 15 is 0 Å². The number of para-hydroxylation sites is 1. The number of aryl methyl sites for hydroxylation is 2. The molecule has 1 aliphatic rings. The molecule has 0 spiro atoms. The Hall–Kier alpha value is -1.33. The summed E-state index contributed by atoms with van der Waals surface area (Å²) in [5.74, 6) is -0.959. The van der Waals surface area contributed by atoms with Gasteiger partial charge in [0.15, 0.2) is 0 Å². The normalized spacial score (nSPS) is 15.7. The van der Waals surface area contributed by atoms with Crippen LogP contribution in [0, 0.1) is 0 Å². The van der Waals surface area contributed by atoms with E-state index in [0.717, 1.165) is 34.9 Å². The summed E-state index contributed by atoms with van der Waals surface area (Å²) in [6.45, 7) is 0.969. The van der Waals surface area contributed by atoms with Crippen LogP contribution in [0.15, 0.2) is 22.8 Å². The molecular formula is C14H15BrN2O2. The van der Waals surface area contributed by atoms with Gasteiger partial charge in [-0.15, -0.1) is 0 Å². The predicted octanol–water partition coefficient (Wildman–Crippen LogP) is 2.30. The summed E-state index contributed by atoms with van der Waals surface area (Å²) < 4.78 is 3.21. The fraction of sp³-hybridized carbons (Fsp3) is 0.357. The highest BCUT2D eigenvalue weighted by atomic mass is 79.9. The monoisotopic (exact) mass is 322 g/mol. The third kappa shape index (κ3) is 1.97. The lowest BCUT2D eigenvalue weighted by atomic mass is 10.0. The van der Waals surface area contributed by atoms with Crippen molar-refractivity contribution >= 4 is 32.8 Å². The molecule has 0 amide bonds. The van der Waals surface area contributed by atoms with E-state index in [4.69, 9.17) is 10.8 Å². The average Bonchev–Trinajstić information content (AvgIpc) is 2.67. The van der Waals surface area contributed by atoms with Gasteiger partial charge in [-0.2, -0.15) is 0 Å². The second-order valence-electron chi connectivity index (χ2n) is 4.99. The molecule has 0 radical (unpaired) electrons. The molecule has 0 bridgehead atoms. The molecule has 100 valence electrons. The fourth-order valence-corrected chi connectivity index (χ4v) is 3.60. The molecule has 1 unspecified atom stereocenters. The Kier molecular flexibility index (Phi) is 3.11. The van der Waals surface area contributed by atoms with Crippen molar-refractivity contribution in [2.24, 2.45) is 5.73 Å². The lowest BCUT2D eigenvalue weighted by Gasteiger charge is -2.16. The number of nitrogens with zero attached hydrogens (tertiary/aromatic N) is 1. The Morgan fingerprint density at radius 3 is 3.05 bits per heavy atom. The van der Waals surface area contributed by atoms with Gasteiger partial charge in [-0.3, -0.25) is 4.79 Å². The van der Waals surface area contributed by atoms with Crippen molar-refractivity contribution in [3.05, 3.63) is 33.9 Å². The van der Waals surface area contributed by atoms with Crippen LogP contribution in [0.5, 0.6) is 0 Å². The number of halogens is 1. The van der Waals surface area contributed by atoms with Crippen molar-refractivity contribution in [2.45, 2.75) is 31.8 Å². The van der Waals surface area contributed by atoms with Crippen molar-refractivity contribution in [3.8, 4) is 0 Å². The van der Waals surface area contributed by atoms with Gasteiger partial charge in [0.25, 0.3) is 0 Å². The Labute approximate surface area is 119 Å². The minimum Gasteiger partial charge on any atom is -0.480 e. The third-order valence-corrected chi connectivity index (χ3v) is 4.68. The molecule has 5 heteroatoms. The Morgan fingerprint density at radius 1 is 1.53 bits per heavy atom. The SMILES string of the molecule is NC(Cc1c(Br)n2c3c(cccc13)CCC2)C(=O)O. The molecule has 4 nitrogen and oxygen atoms in total. The second-order valence-corrected chi connectivity index (χ2v) is 5.74. The summed E-state index contributed by atoms with van der Waals surface area (Å²) in [4.78, 5) is 11.0. The van der Waals surface area contributed by atoms with E-state index in [1.807, 2.05) is 6.07 Å². The number of carboxylic acids is 1. The Bertz CT molecular complexity index is 663. The number of nitrogens with two attached hydrogens (primary N) is 1. The van der Waals surface area contributed by atoms with E-state index < -0.39 is 12.0 Å². The van der Waals surface area contributed by atoms with Crippen molar-refractivity contribution in [1.29, 1.82) is 0 Å². The van der Waals surface area contributed by atoms with E-state index in [-0.39, 0.29) is 0 Å². The predicted molar refractivity (Wildman–Crippen MR) is 77.3 cm³/mol. The molecule has 1 aromatic carbocycles. The number of aliphatic carboxylic acids is 1. The van der Waals surface area contributed by atoms with Crippen LogP contribution < -0.4 is 5.73 Å². The average molecular weight is 323 g/mol. The Morgan fingerprint density at radius 2 is 2.32 bits per heavy atom. The Balaban J connectivity index is 2.18. The zero-order chi connectivity index (χ0) is 13.6. The van der Waals surface area contributed by atoms with Crippen molar-refractivity contribution < 1.29 is 9.90 Å². The van der Waals surface area contributed by atoms with Crippen LogP contribution in [-0.2, 0) is 24.2 Å². The first-order valence-corrected chi connectivity index (χ1v) is 7.15. The molecule has 3 N–H and O–H groups in total. The topological polar surface area (TPSA) is 68.2 Å². The van der Waals surface area contributed by atoms with Gasteiger partial charge in [-0.25, -0.2) is 0 Å². The number of benzene rings is 1. The number of hydrogen-bond acceptors (Lipinski definition) is 2. The molecular weight excluding hydrogens is 308 g/mol. The van der Waals surface area contributed by atoms with Crippen molar-refractivity contribution in [1.82, 2.24) is 4.57 Å². The van der Waals surface area contributed by atoms with Gasteiger partial charge < -0.3 is 15.4 Å². The standard InChI is InChI=1S/C14H15BrN2O2/c15-13-10(7-11(16)14(18)19)9-5-1-3-8-4-2-6-17(13)12(8)9/h1,3,5,11H,2,4,6-7,16H2,(H,18,19). The second kappa shape index (κ2) is 4.65. The molecule has 1 aromatic heterocycles. The van der Waals surface area contributed by atoms with E-state index in [1.54, 1.807) is 0 Å². The molecule has 2 aromatic rings. The summed E-state index contributed by atoms with van der Waals surface area (Å²) in [6.07, 6.45) is 2.55. The van der Waals surface area contributed by atoms with Crippen LogP contribution in [0.4, 0.5) is 0 Å². The van der Waals surface area contributed by atoms with Crippen molar-refractivity contribution in [2.75, 3.05) is 0 Å². The van der Waals surface area contributed by atoms with Gasteiger partial charge in [-0.1, -0.05) is 18.2 Å². The van der Waals surface area contributed by atoms with Gasteiger partial charge in [0.2, 0.25) is 0 Å². The van der Waals surface area contributed by atoms with Gasteiger partial charge in [0.1, 0.15) is 6.04 Å². The highest BCUT2D eigenvalue weighted by Crippen LogP contribution is 2.36. The third-order valence-electron chi connectivity index (χ3n) is 3.77. The van der Waals surface area contributed by atoms with Gasteiger partial charge in [-0.05, 0) is 39.9 Å². The van der Waals surface area contributed by atoms with Crippen LogP contribution in [0.1, 0.15) is 17.5 Å². The number of carbonyl (C=O) groups is 1. The highest BCUT2D eigenvalue weighted by molar-refractivity contribution is 9.10. The summed E-state index contributed by atoms with van der Waals surface area (Å²) in [5.41, 5.74) is 9.25. The quantitative estimate of drug-likeness (QED) is 0.911. The van der Waals surface area contributed by atoms with E-state index in [9.17, 15) is 4.79 Å². The van der Waals surface area contributed by atoms with Gasteiger partial charge >= 0.3 is 5.97 Å². The zero-order valence-corrected chi connectivity index (χ0v) is 12.0. The maximum absolute atomic E-state index is 11.0. The van der Waals surface area contributed by atoms with Crippen LogP contribution in [0.3, 0.4) is 0 Å². The number of hydrogen-bond donors (Lipinski definition) is 2. The van der Waals surface area contributed by atoms with E-state index in [1.165, 1.54) is 11.1 Å². The first-order valence-electron chi connectivity index (χ1n) is 6.36. The molecule has 1 atom stereocenters. The zero-order valence-electron chi connectivity index (χ0n) is 10.4. The molecule has 0 aliphatic carbocycles. The summed E-state index contributed by atoms with van der Waals surface area (Å²) in [7, 11) is 0. The lowest BCUT2D eigenvalue weighted by molar-refractivity contribution is -0.138. The highest BCUT2D eigenvalue weighted by Gasteiger charge is 2.23. The largest absolute Gasteiger partial charge is 0.480 e. The summed E-state index contributed by atoms with van der Waals surface area (Å²) >= 11 is 3.61. The smallest absolute Gasteiger partial charge is 0.320 e. The molecule has 0 saturated carbocycles. The first kappa shape index (κ1) is 12.7. The number of rotatable bonds is 3. The van der Waals surface area contributed by atoms with Crippen LogP contribution in [-0.4, -0.2) is 21.7 Å². The van der Waals surface area contributed by atoms with Gasteiger partial charge in [0, 0.05) is 18.4 Å². The maximum Gasteiger partial charge on any atom is 0.320 e. The van der Waals surface area contributed by atoms with Gasteiger partial charge in [0.05, 0.1) is 10.1 Å². The number of carboxylic acid groups (broad SMARTS) is 1. The summed E-state index contributed by atoms with van der Waals surface area (Å²) in [6, 6.07) is 5.37. The minimum atomic E-state index is -0.959. The number of aromatic nitrogens is 1. The lowest BCUT2D eigenvalue weighted by Crippen LogP contribution is -2.32. The summed E-state index contributed by atoms with van der Waals surface area (Å²) in [5, 5.41) is 10.1. The minimum absolute atomic E-state index is 0.350. The van der Waals surface area contributed by atoms with Crippen LogP contribution in [0.25, 0.3) is 10.9 Å². The molecule has 19 heavy (non-hydrogen) atoms. The maximum atomic E-state index is 11.0. The molecule has 0 fully saturated rings. The molecule has 2 heterocycles. The van der Waals surface area contributed by atoms with E-state index in [0.29, 0.717) is 6.42 Å². The van der Waals surface area contributed by atoms with Crippen molar-refractivity contribution in [3.63, 3.8) is 0 Å². The van der Waals surface area contributed by atoms with E-state index in [2.05, 4.69) is 32.6 Å². The molecule has 3 rings (SSSR count). The molecule has 0 saturated heterocycles. The van der Waals surface area contributed by atoms with Crippen LogP contribution >= 0.6 is 15.9 Å². The molecule has 1 aliphatic heterocycles. The first-order chi connectivity index (χ1) is 9.09.